The summed E-state index contributed by atoms with van der Waals surface area (Å²) in [7, 11) is 5.03. The number of aromatic nitrogens is 4. The minimum atomic E-state index is 0.0731. The van der Waals surface area contributed by atoms with Crippen LogP contribution in [-0.2, 0) is 16.1 Å². The van der Waals surface area contributed by atoms with Gasteiger partial charge in [-0.05, 0) is 32.9 Å². The molecular weight excluding hydrogens is 384 g/mol. The minimum Gasteiger partial charge on any atom is -0.496 e. The standard InChI is InChI=1S/C22H26N4O4/c1-12(10-27-4)26-20(11-28-5)24-18-9-23-17-7-16(21-13(2)25-30-14(21)3)19(29-6)8-15(17)22(18)26/h7-9,12H,10-11H2,1-6H3. The van der Waals surface area contributed by atoms with E-state index < -0.39 is 0 Å². The summed E-state index contributed by atoms with van der Waals surface area (Å²) in [4.78, 5) is 9.45. The normalized spacial score (nSPS) is 12.7. The van der Waals surface area contributed by atoms with Crippen LogP contribution in [0.25, 0.3) is 33.1 Å². The SMILES string of the molecule is COCc1nc2cnc3cc(-c4c(C)noc4C)c(OC)cc3c2n1C(C)COC. The van der Waals surface area contributed by atoms with E-state index in [1.807, 2.05) is 26.0 Å². The number of nitrogens with zero attached hydrogens (tertiary/aromatic N) is 4. The van der Waals surface area contributed by atoms with Crippen LogP contribution in [0.3, 0.4) is 0 Å². The van der Waals surface area contributed by atoms with Gasteiger partial charge in [-0.3, -0.25) is 4.98 Å². The van der Waals surface area contributed by atoms with Gasteiger partial charge in [0.25, 0.3) is 0 Å². The summed E-state index contributed by atoms with van der Waals surface area (Å²) in [5.74, 6) is 2.30. The number of rotatable bonds is 7. The lowest BCUT2D eigenvalue weighted by Crippen LogP contribution is -2.14. The highest BCUT2D eigenvalue weighted by Gasteiger charge is 2.22. The predicted molar refractivity (Wildman–Crippen MR) is 114 cm³/mol. The van der Waals surface area contributed by atoms with Gasteiger partial charge in [-0.25, -0.2) is 4.98 Å². The van der Waals surface area contributed by atoms with E-state index in [1.165, 1.54) is 0 Å². The second kappa shape index (κ2) is 8.04. The van der Waals surface area contributed by atoms with Crippen molar-refractivity contribution in [1.29, 1.82) is 0 Å². The summed E-state index contributed by atoms with van der Waals surface area (Å²) in [5, 5.41) is 5.04. The van der Waals surface area contributed by atoms with Crippen molar-refractivity contribution in [2.45, 2.75) is 33.4 Å². The Bertz CT molecular complexity index is 1190. The van der Waals surface area contributed by atoms with Gasteiger partial charge in [0.05, 0.1) is 48.2 Å². The summed E-state index contributed by atoms with van der Waals surface area (Å²) < 4.78 is 24.1. The van der Waals surface area contributed by atoms with Crippen molar-refractivity contribution < 1.29 is 18.7 Å². The van der Waals surface area contributed by atoms with Gasteiger partial charge in [0.15, 0.2) is 0 Å². The molecule has 0 saturated heterocycles. The molecule has 4 aromatic rings. The molecule has 0 aliphatic rings. The van der Waals surface area contributed by atoms with Crippen LogP contribution in [0.2, 0.25) is 0 Å². The third-order valence-corrected chi connectivity index (χ3v) is 5.33. The lowest BCUT2D eigenvalue weighted by atomic mass is 10.0. The van der Waals surface area contributed by atoms with Crippen LogP contribution < -0.4 is 4.74 Å². The molecule has 0 N–H and O–H groups in total. The van der Waals surface area contributed by atoms with Crippen molar-refractivity contribution in [2.75, 3.05) is 27.9 Å². The Hall–Kier alpha value is -2.97. The fourth-order valence-corrected chi connectivity index (χ4v) is 4.10. The van der Waals surface area contributed by atoms with Gasteiger partial charge in [-0.1, -0.05) is 5.16 Å². The monoisotopic (exact) mass is 410 g/mol. The molecule has 0 bridgehead atoms. The minimum absolute atomic E-state index is 0.0731. The van der Waals surface area contributed by atoms with E-state index in [9.17, 15) is 0 Å². The third-order valence-electron chi connectivity index (χ3n) is 5.33. The average molecular weight is 410 g/mol. The van der Waals surface area contributed by atoms with Crippen LogP contribution in [0.15, 0.2) is 22.9 Å². The number of benzene rings is 1. The second-order valence-electron chi connectivity index (χ2n) is 7.40. The molecule has 0 radical (unpaired) electrons. The molecule has 3 aromatic heterocycles. The topological polar surface area (TPSA) is 84.4 Å². The first kappa shape index (κ1) is 20.3. The van der Waals surface area contributed by atoms with E-state index in [0.29, 0.717) is 13.2 Å². The van der Waals surface area contributed by atoms with E-state index in [0.717, 1.165) is 56.1 Å². The van der Waals surface area contributed by atoms with Gasteiger partial charge < -0.3 is 23.3 Å². The van der Waals surface area contributed by atoms with E-state index in [2.05, 4.69) is 21.6 Å². The third kappa shape index (κ3) is 3.22. The van der Waals surface area contributed by atoms with Crippen LogP contribution in [0, 0.1) is 13.8 Å². The van der Waals surface area contributed by atoms with Crippen LogP contribution in [0.1, 0.15) is 30.2 Å². The Balaban J connectivity index is 2.04. The van der Waals surface area contributed by atoms with Crippen LogP contribution in [0.5, 0.6) is 5.75 Å². The number of fused-ring (bicyclic) bond motifs is 3. The fraction of sp³-hybridized carbons (Fsp3) is 0.409. The number of aryl methyl sites for hydroxylation is 2. The summed E-state index contributed by atoms with van der Waals surface area (Å²) in [5.41, 5.74) is 5.28. The quantitative estimate of drug-likeness (QED) is 0.451. The van der Waals surface area contributed by atoms with Gasteiger partial charge in [0.2, 0.25) is 0 Å². The summed E-state index contributed by atoms with van der Waals surface area (Å²) in [6, 6.07) is 4.11. The first-order valence-corrected chi connectivity index (χ1v) is 9.78. The van der Waals surface area contributed by atoms with Crippen molar-refractivity contribution in [3.63, 3.8) is 0 Å². The molecule has 1 aromatic carbocycles. The molecule has 0 amide bonds. The number of pyridine rings is 1. The molecule has 0 aliphatic carbocycles. The molecule has 158 valence electrons. The van der Waals surface area contributed by atoms with Crippen LogP contribution in [0.4, 0.5) is 0 Å². The van der Waals surface area contributed by atoms with E-state index in [4.69, 9.17) is 23.7 Å². The average Bonchev–Trinajstić information content (AvgIpc) is 3.26. The highest BCUT2D eigenvalue weighted by atomic mass is 16.5. The number of hydrogen-bond acceptors (Lipinski definition) is 7. The molecule has 0 spiro atoms. The molecule has 0 saturated carbocycles. The molecule has 4 rings (SSSR count). The Kier molecular flexibility index (Phi) is 5.44. The van der Waals surface area contributed by atoms with E-state index in [1.54, 1.807) is 27.5 Å². The van der Waals surface area contributed by atoms with Crippen molar-refractivity contribution in [2.24, 2.45) is 0 Å². The Labute approximate surface area is 174 Å². The number of methoxy groups -OCH3 is 3. The molecule has 0 aliphatic heterocycles. The highest BCUT2D eigenvalue weighted by molar-refractivity contribution is 6.05. The van der Waals surface area contributed by atoms with Crippen molar-refractivity contribution in [1.82, 2.24) is 19.7 Å². The molecule has 1 atom stereocenters. The predicted octanol–water partition coefficient (Wildman–Crippen LogP) is 4.22. The lowest BCUT2D eigenvalue weighted by molar-refractivity contribution is 0.148. The van der Waals surface area contributed by atoms with Crippen molar-refractivity contribution in [3.8, 4) is 16.9 Å². The second-order valence-corrected chi connectivity index (χ2v) is 7.40. The van der Waals surface area contributed by atoms with Crippen LogP contribution in [-0.4, -0.2) is 47.6 Å². The molecule has 8 heteroatoms. The molecular formula is C22H26N4O4. The maximum atomic E-state index is 5.76. The highest BCUT2D eigenvalue weighted by Crippen LogP contribution is 2.39. The molecule has 8 nitrogen and oxygen atoms in total. The van der Waals surface area contributed by atoms with Crippen LogP contribution >= 0.6 is 0 Å². The fourth-order valence-electron chi connectivity index (χ4n) is 4.10. The van der Waals surface area contributed by atoms with E-state index >= 15 is 0 Å². The maximum absolute atomic E-state index is 5.76. The van der Waals surface area contributed by atoms with Gasteiger partial charge >= 0.3 is 0 Å². The van der Waals surface area contributed by atoms with Crippen molar-refractivity contribution >= 4 is 21.9 Å². The Morgan fingerprint density at radius 1 is 1.10 bits per heavy atom. The first-order valence-electron chi connectivity index (χ1n) is 9.78. The van der Waals surface area contributed by atoms with E-state index in [-0.39, 0.29) is 6.04 Å². The van der Waals surface area contributed by atoms with Gasteiger partial charge in [-0.15, -0.1) is 0 Å². The molecule has 3 heterocycles. The van der Waals surface area contributed by atoms with Gasteiger partial charge in [0, 0.05) is 25.2 Å². The lowest BCUT2D eigenvalue weighted by Gasteiger charge is -2.18. The van der Waals surface area contributed by atoms with Crippen molar-refractivity contribution in [3.05, 3.63) is 35.6 Å². The molecule has 0 fully saturated rings. The molecule has 1 unspecified atom stereocenters. The number of ether oxygens (including phenoxy) is 3. The van der Waals surface area contributed by atoms with Gasteiger partial charge in [0.1, 0.15) is 29.5 Å². The summed E-state index contributed by atoms with van der Waals surface area (Å²) >= 11 is 0. The Morgan fingerprint density at radius 3 is 2.53 bits per heavy atom. The Morgan fingerprint density at radius 2 is 1.90 bits per heavy atom. The molecule has 30 heavy (non-hydrogen) atoms. The smallest absolute Gasteiger partial charge is 0.141 e. The van der Waals surface area contributed by atoms with Gasteiger partial charge in [-0.2, -0.15) is 0 Å². The largest absolute Gasteiger partial charge is 0.496 e. The zero-order valence-corrected chi connectivity index (χ0v) is 18.1. The number of imidazole rings is 1. The zero-order valence-electron chi connectivity index (χ0n) is 18.1. The number of hydrogen-bond donors (Lipinski definition) is 0. The maximum Gasteiger partial charge on any atom is 0.141 e. The zero-order chi connectivity index (χ0) is 21.4. The summed E-state index contributed by atoms with van der Waals surface area (Å²) in [6.45, 7) is 6.88. The summed E-state index contributed by atoms with van der Waals surface area (Å²) in [6.07, 6.45) is 1.80. The first-order chi connectivity index (χ1) is 14.5.